The zero-order valence-corrected chi connectivity index (χ0v) is 29.0. The second kappa shape index (κ2) is 13.3. The Morgan fingerprint density at radius 3 is 2.37 bits per heavy atom. The summed E-state index contributed by atoms with van der Waals surface area (Å²) in [7, 11) is 3.27. The second-order valence-electron chi connectivity index (χ2n) is 10.7. The number of anilines is 1. The zero-order chi connectivity index (χ0) is 29.0. The van der Waals surface area contributed by atoms with Crippen molar-refractivity contribution in [3.05, 3.63) is 115 Å². The third kappa shape index (κ3) is 7.15. The van der Waals surface area contributed by atoms with E-state index in [0.29, 0.717) is 34.0 Å². The molecule has 2 aromatic heterocycles. The summed E-state index contributed by atoms with van der Waals surface area (Å²) in [6.07, 6.45) is 1.47. The number of hydrogen-bond acceptors (Lipinski definition) is 5. The van der Waals surface area contributed by atoms with Crippen molar-refractivity contribution in [2.24, 2.45) is 0 Å². The molecule has 0 atom stereocenters. The largest absolute Gasteiger partial charge is 2.00 e. The molecule has 0 bridgehead atoms. The van der Waals surface area contributed by atoms with Gasteiger partial charge in [0.2, 0.25) is 0 Å². The van der Waals surface area contributed by atoms with E-state index >= 15 is 0 Å². The van der Waals surface area contributed by atoms with Gasteiger partial charge >= 0.3 is 31.1 Å². The topological polar surface area (TPSA) is 98.9 Å². The van der Waals surface area contributed by atoms with E-state index in [1.165, 1.54) is 10.9 Å². The number of aromatic nitrogens is 3. The van der Waals surface area contributed by atoms with Gasteiger partial charge in [-0.1, -0.05) is 73.0 Å². The van der Waals surface area contributed by atoms with Crippen LogP contribution in [0.4, 0.5) is 5.82 Å². The molecule has 206 valence electrons. The third-order valence-electron chi connectivity index (χ3n) is 6.48. The van der Waals surface area contributed by atoms with Gasteiger partial charge in [-0.25, -0.2) is 4.68 Å². The Balaban J connectivity index is 0.000000599. The van der Waals surface area contributed by atoms with Crippen LogP contribution in [0, 0.1) is 63.3 Å². The number of fused-ring (bicyclic) bond motifs is 1. The Morgan fingerprint density at radius 1 is 1.07 bits per heavy atom. The molecule has 0 unspecified atom stereocenters. The number of nitriles is 1. The molecule has 41 heavy (non-hydrogen) atoms. The number of nitrogens with two attached hydrogens (primary N) is 1. The van der Waals surface area contributed by atoms with Crippen LogP contribution in [0.25, 0.3) is 16.6 Å². The van der Waals surface area contributed by atoms with Gasteiger partial charge in [0.05, 0.1) is 23.0 Å². The number of nitrogens with zero attached hydrogens (tertiary/aromatic N) is 4. The van der Waals surface area contributed by atoms with E-state index in [1.807, 2.05) is 49.4 Å². The number of hydrogen-bond donors (Lipinski definition) is 1. The van der Waals surface area contributed by atoms with Crippen LogP contribution in [0.3, 0.4) is 0 Å². The maximum atomic E-state index is 13.3. The molecule has 5 aromatic rings. The molecule has 7 nitrogen and oxygen atoms in total. The fourth-order valence-electron chi connectivity index (χ4n) is 3.97. The summed E-state index contributed by atoms with van der Waals surface area (Å²) in [5, 5.41) is 14.6. The van der Waals surface area contributed by atoms with Crippen LogP contribution < -0.4 is 10.5 Å². The molecule has 0 aliphatic rings. The first-order valence-electron chi connectivity index (χ1n) is 12.9. The average Bonchev–Trinajstić information content (AvgIpc) is 3.48. The Bertz CT molecular complexity index is 1730. The van der Waals surface area contributed by atoms with Gasteiger partial charge in [-0.2, -0.15) is 16.4 Å². The Labute approximate surface area is 266 Å². The van der Waals surface area contributed by atoms with Gasteiger partial charge in [0.1, 0.15) is 23.4 Å². The first-order valence-corrected chi connectivity index (χ1v) is 16.6. The fraction of sp³-hybridized carbons (Fsp3) is 0.156. The Hall–Kier alpha value is -3.69. The standard InChI is InChI=1S/C27H20N5O2.C5H13Si.U/c1-17-13-20(34-25-10-6-4-8-19(25)15-28)11-12-22(17)32-27(29)21(16-30-32)26(33)24-14-18-7-3-5-9-23(18)31(24)2;1-5-6(2,3)4;/h3-14,16H,2,29H2,1H3;1,5H2,2-4H3;/q2*-1;+2. The number of nitrogen functional groups attached to an aromatic ring is 1. The molecule has 5 rings (SSSR count). The molecule has 2 heterocycles. The van der Waals surface area contributed by atoms with Crippen molar-refractivity contribution in [2.75, 3.05) is 5.73 Å². The predicted molar refractivity (Wildman–Crippen MR) is 164 cm³/mol. The average molecular weight is 786 g/mol. The van der Waals surface area contributed by atoms with Crippen LogP contribution >= 0.6 is 0 Å². The summed E-state index contributed by atoms with van der Waals surface area (Å²) in [4.78, 5) is 13.3. The molecule has 2 N–H and O–H groups in total. The molecule has 0 saturated heterocycles. The number of ketones is 1. The van der Waals surface area contributed by atoms with Gasteiger partial charge in [-0.05, 0) is 48.5 Å². The van der Waals surface area contributed by atoms with Crippen LogP contribution in [-0.4, -0.2) is 28.2 Å². The van der Waals surface area contributed by atoms with Gasteiger partial charge in [0, 0.05) is 8.07 Å². The normalized spacial score (nSPS) is 10.7. The molecule has 0 amide bonds. The predicted octanol–water partition coefficient (Wildman–Crippen LogP) is 7.41. The SMILES string of the molecule is [CH2-]C[Si](C)(C)C.[CH2-]n1c(C(=O)c2cnn(-c3ccc(Oc4ccccc4C#N)cc3C)c2N)cc2ccccc21.[U+2]. The zero-order valence-electron chi connectivity index (χ0n) is 23.8. The maximum absolute atomic E-state index is 13.3. The van der Waals surface area contributed by atoms with Crippen LogP contribution in [0.5, 0.6) is 11.5 Å². The molecule has 0 aliphatic carbocycles. The van der Waals surface area contributed by atoms with E-state index in [-0.39, 0.29) is 42.7 Å². The fourth-order valence-corrected chi connectivity index (χ4v) is 3.97. The number of rotatable bonds is 6. The molecule has 0 aliphatic heterocycles. The van der Waals surface area contributed by atoms with Gasteiger partial charge in [-0.15, -0.1) is 7.05 Å². The number of ether oxygens (including phenoxy) is 1. The van der Waals surface area contributed by atoms with E-state index in [9.17, 15) is 10.1 Å². The summed E-state index contributed by atoms with van der Waals surface area (Å²) in [5.74, 6) is 1.04. The van der Waals surface area contributed by atoms with E-state index in [0.717, 1.165) is 22.5 Å². The molecule has 0 saturated carbocycles. The minimum absolute atomic E-state index is 0. The van der Waals surface area contributed by atoms with Crippen molar-refractivity contribution in [3.63, 3.8) is 0 Å². The molecule has 9 heteroatoms. The van der Waals surface area contributed by atoms with E-state index in [1.54, 1.807) is 34.9 Å². The van der Waals surface area contributed by atoms with E-state index in [2.05, 4.69) is 44.8 Å². The monoisotopic (exact) mass is 785 g/mol. The summed E-state index contributed by atoms with van der Waals surface area (Å²) in [6, 6.07) is 25.2. The minimum Gasteiger partial charge on any atom is -0.478 e. The number of benzene rings is 3. The van der Waals surface area contributed by atoms with Gasteiger partial charge in [0.15, 0.2) is 5.78 Å². The van der Waals surface area contributed by atoms with Crippen LogP contribution in [-0.2, 0) is 0 Å². The van der Waals surface area contributed by atoms with E-state index < -0.39 is 8.07 Å². The summed E-state index contributed by atoms with van der Waals surface area (Å²) < 4.78 is 9.05. The summed E-state index contributed by atoms with van der Waals surface area (Å²) in [5.41, 5.74) is 9.97. The summed E-state index contributed by atoms with van der Waals surface area (Å²) in [6.45, 7) is 12.7. The Morgan fingerprint density at radius 2 is 1.73 bits per heavy atom. The van der Waals surface area contributed by atoms with Crippen molar-refractivity contribution in [3.8, 4) is 23.3 Å². The second-order valence-corrected chi connectivity index (χ2v) is 16.3. The van der Waals surface area contributed by atoms with E-state index in [4.69, 9.17) is 10.5 Å². The molecule has 0 radical (unpaired) electrons. The maximum Gasteiger partial charge on any atom is 2.00 e. The van der Waals surface area contributed by atoms with Crippen molar-refractivity contribution in [2.45, 2.75) is 32.6 Å². The quantitative estimate of drug-likeness (QED) is 0.110. The van der Waals surface area contributed by atoms with Gasteiger partial charge < -0.3 is 26.8 Å². The third-order valence-corrected chi connectivity index (χ3v) is 7.98. The van der Waals surface area contributed by atoms with Crippen LogP contribution in [0.1, 0.15) is 27.2 Å². The van der Waals surface area contributed by atoms with Crippen molar-refractivity contribution in [1.82, 2.24) is 14.3 Å². The molecule has 0 fully saturated rings. The molecular formula is C32H33N5O2SiU. The van der Waals surface area contributed by atoms with Gasteiger partial charge in [0.25, 0.3) is 0 Å². The van der Waals surface area contributed by atoms with Gasteiger partial charge in [-0.3, -0.25) is 0 Å². The minimum atomic E-state index is -0.742. The van der Waals surface area contributed by atoms with Crippen molar-refractivity contribution in [1.29, 1.82) is 5.26 Å². The van der Waals surface area contributed by atoms with Crippen molar-refractivity contribution < 1.29 is 40.6 Å². The molecule has 0 spiro atoms. The molecular weight excluding hydrogens is 753 g/mol. The smallest absolute Gasteiger partial charge is 0.478 e. The number of carbonyl (C=O) groups is 1. The Kier molecular flexibility index (Phi) is 10.3. The van der Waals surface area contributed by atoms with Crippen LogP contribution in [0.2, 0.25) is 25.7 Å². The first-order chi connectivity index (χ1) is 19.0. The van der Waals surface area contributed by atoms with Crippen molar-refractivity contribution >= 4 is 30.6 Å². The van der Waals surface area contributed by atoms with Crippen LogP contribution in [0.15, 0.2) is 79.0 Å². The number of carbonyl (C=O) groups excluding carboxylic acids is 1. The number of para-hydroxylation sites is 2. The summed E-state index contributed by atoms with van der Waals surface area (Å²) >= 11 is 0. The molecule has 3 aromatic carbocycles. The number of aryl methyl sites for hydroxylation is 1. The first kappa shape index (κ1) is 31.8.